The third kappa shape index (κ3) is 3.41. The van der Waals surface area contributed by atoms with Crippen LogP contribution in [0.25, 0.3) is 11.3 Å². The Labute approximate surface area is 154 Å². The second-order valence-corrected chi connectivity index (χ2v) is 6.53. The van der Waals surface area contributed by atoms with Gasteiger partial charge < -0.3 is 14.6 Å². The average Bonchev–Trinajstić information content (AvgIpc) is 3.36. The Hall–Kier alpha value is -2.87. The molecule has 1 unspecified atom stereocenters. The van der Waals surface area contributed by atoms with Gasteiger partial charge in [0.25, 0.3) is 5.91 Å². The Bertz CT molecular complexity index is 937. The van der Waals surface area contributed by atoms with E-state index in [1.165, 1.54) is 0 Å². The van der Waals surface area contributed by atoms with Gasteiger partial charge in [-0.05, 0) is 36.2 Å². The van der Waals surface area contributed by atoms with Crippen molar-refractivity contribution in [1.82, 2.24) is 25.1 Å². The molecule has 1 N–H and O–H groups in total. The molecule has 0 spiro atoms. The van der Waals surface area contributed by atoms with Crippen molar-refractivity contribution in [3.05, 3.63) is 47.8 Å². The van der Waals surface area contributed by atoms with Gasteiger partial charge in [0.1, 0.15) is 0 Å². The molecule has 3 aromatic rings. The lowest BCUT2D eigenvalue weighted by Gasteiger charge is -2.17. The van der Waals surface area contributed by atoms with Crippen molar-refractivity contribution in [2.75, 3.05) is 18.0 Å². The Kier molecular flexibility index (Phi) is 4.34. The first-order valence-electron chi connectivity index (χ1n) is 8.22. The molecule has 1 aliphatic heterocycles. The SMILES string of the molecule is Cn1cc(-c2ccnc(N3CCC(NC(=O)c4ccc(Cl)o4)C3)n2)cn1. The number of nitrogens with one attached hydrogen (secondary N) is 1. The number of anilines is 1. The summed E-state index contributed by atoms with van der Waals surface area (Å²) in [5.74, 6) is 0.584. The molecule has 1 fully saturated rings. The minimum absolute atomic E-state index is 0.00276. The zero-order valence-electron chi connectivity index (χ0n) is 14.1. The number of rotatable bonds is 4. The van der Waals surface area contributed by atoms with Gasteiger partial charge in [-0.1, -0.05) is 0 Å². The van der Waals surface area contributed by atoms with Gasteiger partial charge in [-0.25, -0.2) is 9.97 Å². The van der Waals surface area contributed by atoms with E-state index in [1.54, 1.807) is 29.2 Å². The number of amides is 1. The maximum absolute atomic E-state index is 12.2. The van der Waals surface area contributed by atoms with Gasteiger partial charge in [0.05, 0.1) is 11.9 Å². The van der Waals surface area contributed by atoms with E-state index in [9.17, 15) is 4.79 Å². The maximum Gasteiger partial charge on any atom is 0.287 e. The van der Waals surface area contributed by atoms with Crippen LogP contribution in [0.15, 0.2) is 41.2 Å². The molecule has 0 saturated carbocycles. The van der Waals surface area contributed by atoms with Crippen molar-refractivity contribution in [1.29, 1.82) is 0 Å². The lowest BCUT2D eigenvalue weighted by Crippen LogP contribution is -2.37. The summed E-state index contributed by atoms with van der Waals surface area (Å²) in [4.78, 5) is 23.2. The van der Waals surface area contributed by atoms with Gasteiger partial charge >= 0.3 is 0 Å². The zero-order valence-corrected chi connectivity index (χ0v) is 14.8. The second-order valence-electron chi connectivity index (χ2n) is 6.15. The van der Waals surface area contributed by atoms with Crippen LogP contribution in [0.4, 0.5) is 5.95 Å². The zero-order chi connectivity index (χ0) is 18.1. The van der Waals surface area contributed by atoms with E-state index < -0.39 is 0 Å². The molecule has 1 aliphatic rings. The number of hydrogen-bond acceptors (Lipinski definition) is 6. The minimum atomic E-state index is -0.270. The number of aryl methyl sites for hydroxylation is 1. The third-order valence-electron chi connectivity index (χ3n) is 4.25. The summed E-state index contributed by atoms with van der Waals surface area (Å²) >= 11 is 5.71. The quantitative estimate of drug-likeness (QED) is 0.754. The van der Waals surface area contributed by atoms with Crippen molar-refractivity contribution in [2.45, 2.75) is 12.5 Å². The topological polar surface area (TPSA) is 89.1 Å². The molecule has 4 heterocycles. The van der Waals surface area contributed by atoms with Crippen LogP contribution >= 0.6 is 11.6 Å². The van der Waals surface area contributed by atoms with Crippen molar-refractivity contribution in [3.8, 4) is 11.3 Å². The number of carbonyl (C=O) groups excluding carboxylic acids is 1. The molecule has 3 aromatic heterocycles. The standard InChI is InChI=1S/C17H17ClN6O2/c1-23-9-11(8-20-23)13-4-6-19-17(22-13)24-7-5-12(10-24)21-16(25)14-2-3-15(18)26-14/h2-4,6,8-9,12H,5,7,10H2,1H3,(H,21,25). The monoisotopic (exact) mass is 372 g/mol. The highest BCUT2D eigenvalue weighted by atomic mass is 35.5. The van der Waals surface area contributed by atoms with Crippen molar-refractivity contribution >= 4 is 23.5 Å². The molecular weight excluding hydrogens is 356 g/mol. The number of carbonyl (C=O) groups is 1. The fraction of sp³-hybridized carbons (Fsp3) is 0.294. The summed E-state index contributed by atoms with van der Waals surface area (Å²) in [5, 5.41) is 7.33. The lowest BCUT2D eigenvalue weighted by molar-refractivity contribution is 0.0912. The van der Waals surface area contributed by atoms with E-state index in [2.05, 4.69) is 25.3 Å². The lowest BCUT2D eigenvalue weighted by atomic mass is 10.2. The molecule has 1 amide bonds. The number of furan rings is 1. The predicted octanol–water partition coefficient (Wildman–Crippen LogP) is 2.13. The summed E-state index contributed by atoms with van der Waals surface area (Å²) in [5.41, 5.74) is 1.76. The maximum atomic E-state index is 12.2. The molecule has 9 heteroatoms. The van der Waals surface area contributed by atoms with Gasteiger partial charge in [0, 0.05) is 44.1 Å². The van der Waals surface area contributed by atoms with Crippen molar-refractivity contribution < 1.29 is 9.21 Å². The molecule has 0 radical (unpaired) electrons. The first-order valence-corrected chi connectivity index (χ1v) is 8.59. The van der Waals surface area contributed by atoms with Crippen LogP contribution in [-0.4, -0.2) is 44.8 Å². The fourth-order valence-electron chi connectivity index (χ4n) is 2.97. The molecular formula is C17H17ClN6O2. The van der Waals surface area contributed by atoms with Crippen LogP contribution in [0.1, 0.15) is 17.0 Å². The normalized spacial score (nSPS) is 16.8. The molecule has 0 aromatic carbocycles. The van der Waals surface area contributed by atoms with Crippen molar-refractivity contribution in [3.63, 3.8) is 0 Å². The smallest absolute Gasteiger partial charge is 0.287 e. The summed E-state index contributed by atoms with van der Waals surface area (Å²) in [7, 11) is 1.87. The highest BCUT2D eigenvalue weighted by Crippen LogP contribution is 2.21. The largest absolute Gasteiger partial charge is 0.440 e. The van der Waals surface area contributed by atoms with E-state index in [0.717, 1.165) is 24.2 Å². The van der Waals surface area contributed by atoms with E-state index in [1.807, 2.05) is 19.3 Å². The summed E-state index contributed by atoms with van der Waals surface area (Å²) in [6, 6.07) is 4.97. The molecule has 1 saturated heterocycles. The van der Waals surface area contributed by atoms with Crippen LogP contribution in [0.5, 0.6) is 0 Å². The molecule has 0 bridgehead atoms. The Morgan fingerprint density at radius 3 is 3.00 bits per heavy atom. The molecule has 1 atom stereocenters. The molecule has 8 nitrogen and oxygen atoms in total. The number of hydrogen-bond donors (Lipinski definition) is 1. The molecule has 26 heavy (non-hydrogen) atoms. The van der Waals surface area contributed by atoms with Crippen LogP contribution in [0, 0.1) is 0 Å². The average molecular weight is 373 g/mol. The molecule has 4 rings (SSSR count). The highest BCUT2D eigenvalue weighted by Gasteiger charge is 2.27. The molecule has 134 valence electrons. The van der Waals surface area contributed by atoms with Gasteiger partial charge in [-0.3, -0.25) is 9.48 Å². The van der Waals surface area contributed by atoms with E-state index in [-0.39, 0.29) is 22.9 Å². The van der Waals surface area contributed by atoms with Gasteiger partial charge in [0.2, 0.25) is 5.95 Å². The Balaban J connectivity index is 1.43. The third-order valence-corrected chi connectivity index (χ3v) is 4.45. The summed E-state index contributed by atoms with van der Waals surface area (Å²) in [6.07, 6.45) is 6.23. The van der Waals surface area contributed by atoms with Crippen LogP contribution in [0.3, 0.4) is 0 Å². The van der Waals surface area contributed by atoms with Gasteiger partial charge in [-0.2, -0.15) is 5.10 Å². The van der Waals surface area contributed by atoms with Gasteiger partial charge in [-0.15, -0.1) is 0 Å². The number of aromatic nitrogens is 4. The van der Waals surface area contributed by atoms with Gasteiger partial charge in [0.15, 0.2) is 11.0 Å². The molecule has 0 aliphatic carbocycles. The summed E-state index contributed by atoms with van der Waals surface area (Å²) < 4.78 is 6.88. The van der Waals surface area contributed by atoms with E-state index in [0.29, 0.717) is 12.5 Å². The number of nitrogens with zero attached hydrogens (tertiary/aromatic N) is 5. The Morgan fingerprint density at radius 2 is 2.27 bits per heavy atom. The second kappa shape index (κ2) is 6.80. The van der Waals surface area contributed by atoms with E-state index in [4.69, 9.17) is 16.0 Å². The predicted molar refractivity (Wildman–Crippen MR) is 96.0 cm³/mol. The first kappa shape index (κ1) is 16.6. The summed E-state index contributed by atoms with van der Waals surface area (Å²) in [6.45, 7) is 1.40. The van der Waals surface area contributed by atoms with Crippen LogP contribution in [0.2, 0.25) is 5.22 Å². The van der Waals surface area contributed by atoms with E-state index >= 15 is 0 Å². The fourth-order valence-corrected chi connectivity index (χ4v) is 3.11. The van der Waals surface area contributed by atoms with Crippen molar-refractivity contribution in [2.24, 2.45) is 7.05 Å². The first-order chi connectivity index (χ1) is 12.6. The minimum Gasteiger partial charge on any atom is -0.440 e. The van der Waals surface area contributed by atoms with Crippen LogP contribution in [-0.2, 0) is 7.05 Å². The Morgan fingerprint density at radius 1 is 1.38 bits per heavy atom. The highest BCUT2D eigenvalue weighted by molar-refractivity contribution is 6.29. The van der Waals surface area contributed by atoms with Crippen LogP contribution < -0.4 is 10.2 Å². The number of halogens is 1.